The number of hydrogen-bond donors (Lipinski definition) is 5. The molecule has 0 saturated heterocycles. The number of hydrogen-bond acceptors (Lipinski definition) is 23. The molecule has 5 N–H and O–H groups in total. The Balaban J connectivity index is 1.04. The minimum Gasteiger partial charge on any atom is -0.493 e. The van der Waals surface area contributed by atoms with Crippen LogP contribution in [0.1, 0.15) is 61.8 Å². The Morgan fingerprint density at radius 3 is 1.24 bits per heavy atom. The van der Waals surface area contributed by atoms with Crippen molar-refractivity contribution in [3.8, 4) is 23.0 Å². The molecule has 8 aromatic carbocycles. The molecule has 0 radical (unpaired) electrons. The number of aryl methyl sites for hydroxylation is 2. The third-order valence-corrected chi connectivity index (χ3v) is 17.8. The van der Waals surface area contributed by atoms with Crippen molar-refractivity contribution < 1.29 is 88.6 Å². The molecule has 94 heavy (non-hydrogen) atoms. The monoisotopic (exact) mass is 1390 g/mol. The largest absolute Gasteiger partial charge is 0.493 e. The van der Waals surface area contributed by atoms with Crippen LogP contribution in [0, 0.1) is 13.8 Å². The van der Waals surface area contributed by atoms with Crippen LogP contribution in [0.3, 0.4) is 0 Å². The summed E-state index contributed by atoms with van der Waals surface area (Å²) in [4.78, 5) is 12.3. The maximum atomic E-state index is 14.2. The number of azo groups is 4. The first-order valence-electron chi connectivity index (χ1n) is 28.5. The molecule has 0 spiro atoms. The van der Waals surface area contributed by atoms with Gasteiger partial charge in [0.1, 0.15) is 49.9 Å². The summed E-state index contributed by atoms with van der Waals surface area (Å²) in [5, 5.41) is 35.6. The van der Waals surface area contributed by atoms with Crippen LogP contribution in [0.4, 0.5) is 45.5 Å². The smallest absolute Gasteiger partial charge is 0.295 e. The summed E-state index contributed by atoms with van der Waals surface area (Å²) >= 11 is 0. The molecule has 0 bridgehead atoms. The minimum atomic E-state index is -5.02. The van der Waals surface area contributed by atoms with Gasteiger partial charge in [-0.15, -0.1) is 10.2 Å². The van der Waals surface area contributed by atoms with Gasteiger partial charge in [0, 0.05) is 59.0 Å². The van der Waals surface area contributed by atoms with E-state index in [1.807, 2.05) is 13.8 Å². The molecule has 0 amide bonds. The summed E-state index contributed by atoms with van der Waals surface area (Å²) in [6.07, 6.45) is 0.693. The highest BCUT2D eigenvalue weighted by Gasteiger charge is 2.23. The van der Waals surface area contributed by atoms with E-state index in [4.69, 9.17) is 18.9 Å². The molecule has 8 aromatic rings. The summed E-state index contributed by atoms with van der Waals surface area (Å²) in [5.41, 5.74) is 4.02. The molecule has 33 heteroatoms. The fourth-order valence-corrected chi connectivity index (χ4v) is 12.2. The van der Waals surface area contributed by atoms with E-state index in [9.17, 15) is 69.6 Å². The highest BCUT2D eigenvalue weighted by molar-refractivity contribution is 7.87. The average Bonchev–Trinajstić information content (AvgIpc) is 0.780. The molecule has 0 aliphatic carbocycles. The molecule has 0 fully saturated rings. The van der Waals surface area contributed by atoms with E-state index in [0.717, 1.165) is 6.07 Å². The number of Topliss-reactive ketones (excluding diaryl/α,β-unsaturated/α-hetero) is 1. The van der Waals surface area contributed by atoms with E-state index in [1.165, 1.54) is 60.7 Å². The molecule has 496 valence electrons. The van der Waals surface area contributed by atoms with E-state index in [1.54, 1.807) is 68.4 Å². The van der Waals surface area contributed by atoms with Crippen LogP contribution in [0.2, 0.25) is 0 Å². The summed E-state index contributed by atoms with van der Waals surface area (Å²) in [6, 6.07) is 30.5. The predicted octanol–water partition coefficient (Wildman–Crippen LogP) is 14.3. The van der Waals surface area contributed by atoms with E-state index >= 15 is 0 Å². The molecule has 8 rings (SSSR count). The fraction of sp³-hybridized carbons (Fsp3) is 0.262. The zero-order chi connectivity index (χ0) is 68.2. The Kier molecular flexibility index (Phi) is 23.0. The van der Waals surface area contributed by atoms with E-state index in [2.05, 4.69) is 40.9 Å². The maximum Gasteiger partial charge on any atom is 0.295 e. The average molecular weight is 1390 g/mol. The molecule has 0 aliphatic rings. The van der Waals surface area contributed by atoms with Gasteiger partial charge in [-0.05, 0) is 140 Å². The Bertz CT molecular complexity index is 4930. The highest BCUT2D eigenvalue weighted by Crippen LogP contribution is 2.40. The van der Waals surface area contributed by atoms with Crippen molar-refractivity contribution in [3.63, 3.8) is 0 Å². The third-order valence-electron chi connectivity index (χ3n) is 13.6. The van der Waals surface area contributed by atoms with Gasteiger partial charge in [0.15, 0.2) is 0 Å². The number of carbonyl (C=O) groups is 1. The van der Waals surface area contributed by atoms with Gasteiger partial charge >= 0.3 is 0 Å². The number of carbonyl (C=O) groups excluding carboxylic acids is 1. The summed E-state index contributed by atoms with van der Waals surface area (Å²) < 4.78 is 191. The van der Waals surface area contributed by atoms with Crippen LogP contribution in [0.15, 0.2) is 183 Å². The van der Waals surface area contributed by atoms with E-state index in [-0.39, 0.29) is 100.0 Å². The van der Waals surface area contributed by atoms with Crippen molar-refractivity contribution in [2.45, 2.75) is 80.9 Å². The van der Waals surface area contributed by atoms with Crippen molar-refractivity contribution in [2.75, 3.05) is 37.9 Å². The molecule has 0 heterocycles. The van der Waals surface area contributed by atoms with Gasteiger partial charge in [0.25, 0.3) is 50.6 Å². The van der Waals surface area contributed by atoms with Crippen molar-refractivity contribution in [1.29, 1.82) is 0 Å². The zero-order valence-corrected chi connectivity index (χ0v) is 54.7. The van der Waals surface area contributed by atoms with Gasteiger partial charge in [-0.25, -0.2) is 0 Å². The Labute approximate surface area is 541 Å². The Morgan fingerprint density at radius 1 is 0.394 bits per heavy atom. The molecule has 0 unspecified atom stereocenters. The van der Waals surface area contributed by atoms with Crippen molar-refractivity contribution in [2.24, 2.45) is 40.9 Å². The maximum absolute atomic E-state index is 14.2. The van der Waals surface area contributed by atoms with Gasteiger partial charge < -0.3 is 18.9 Å². The first kappa shape index (κ1) is 71.0. The molecular formula is C61H62N8O20S5. The SMILES string of the molecule is CCCOc1cc(N=Nc2ccc(N=Nc3ccc4cccc(S(=O)(=O)O)c4c3)cc2OCCC)c(C)cc1CC(=O)Cc1cc(C)c(N=Nc2ccc(N=Nc3ccc4cc(S(=O)(=O)O)cc(S(=O)(=O)O)c4c3)cc2OCCCS(=O)(=O)O)cc1OCCCS(=O)(=O)O. The lowest BCUT2D eigenvalue weighted by molar-refractivity contribution is -0.117. The lowest BCUT2D eigenvalue weighted by Gasteiger charge is -2.15. The van der Waals surface area contributed by atoms with Gasteiger partial charge in [-0.1, -0.05) is 38.1 Å². The van der Waals surface area contributed by atoms with Gasteiger partial charge in [0.05, 0.1) is 77.0 Å². The van der Waals surface area contributed by atoms with Gasteiger partial charge in [0.2, 0.25) is 0 Å². The van der Waals surface area contributed by atoms with Gasteiger partial charge in [-0.2, -0.15) is 72.8 Å². The first-order valence-corrected chi connectivity index (χ1v) is 36.1. The van der Waals surface area contributed by atoms with E-state index < -0.39 is 71.9 Å². The number of fused-ring (bicyclic) bond motifs is 2. The molecule has 0 saturated carbocycles. The Morgan fingerprint density at radius 2 is 0.798 bits per heavy atom. The zero-order valence-electron chi connectivity index (χ0n) is 50.6. The third kappa shape index (κ3) is 20.1. The summed E-state index contributed by atoms with van der Waals surface area (Å²) in [7, 11) is -23.1. The quantitative estimate of drug-likeness (QED) is 0.0153. The minimum absolute atomic E-state index is 0.00294. The van der Waals surface area contributed by atoms with Crippen molar-refractivity contribution >= 4 is 123 Å². The van der Waals surface area contributed by atoms with Crippen LogP contribution < -0.4 is 18.9 Å². The normalized spacial score (nSPS) is 12.7. The lowest BCUT2D eigenvalue weighted by atomic mass is 9.98. The molecule has 0 aliphatic heterocycles. The molecular weight excluding hydrogens is 1330 g/mol. The van der Waals surface area contributed by atoms with E-state index in [0.29, 0.717) is 94.0 Å². The van der Waals surface area contributed by atoms with Crippen LogP contribution in [-0.4, -0.2) is 109 Å². The van der Waals surface area contributed by atoms with Crippen LogP contribution in [0.5, 0.6) is 23.0 Å². The number of nitrogens with zero attached hydrogens (tertiary/aromatic N) is 8. The van der Waals surface area contributed by atoms with Gasteiger partial charge in [-0.3, -0.25) is 27.6 Å². The first-order chi connectivity index (χ1) is 44.3. The second-order valence-electron chi connectivity index (χ2n) is 21.1. The molecule has 28 nitrogen and oxygen atoms in total. The second-order valence-corrected chi connectivity index (χ2v) is 28.4. The van der Waals surface area contributed by atoms with Crippen molar-refractivity contribution in [1.82, 2.24) is 0 Å². The van der Waals surface area contributed by atoms with Crippen LogP contribution in [0.25, 0.3) is 21.5 Å². The molecule has 0 atom stereocenters. The number of ketones is 1. The van der Waals surface area contributed by atoms with Crippen LogP contribution >= 0.6 is 0 Å². The van der Waals surface area contributed by atoms with Crippen molar-refractivity contribution in [3.05, 3.63) is 150 Å². The lowest BCUT2D eigenvalue weighted by Crippen LogP contribution is -2.12. The summed E-state index contributed by atoms with van der Waals surface area (Å²) in [6.45, 7) is 7.50. The number of ether oxygens (including phenoxy) is 4. The molecule has 0 aromatic heterocycles. The Hall–Kier alpha value is -8.90. The highest BCUT2D eigenvalue weighted by atomic mass is 32.2. The second kappa shape index (κ2) is 30.5. The number of rotatable bonds is 31. The fourth-order valence-electron chi connectivity index (χ4n) is 9.19. The predicted molar refractivity (Wildman–Crippen MR) is 346 cm³/mol. The summed E-state index contributed by atoms with van der Waals surface area (Å²) in [5.74, 6) is -0.696. The van der Waals surface area contributed by atoms with Crippen LogP contribution in [-0.2, 0) is 68.2 Å². The standard InChI is InChI=1S/C61H62N8O20S5/c1-5-20-86-56-36-54(68-66-52-18-16-46(33-58(52)87-21-6-2)64-62-44-14-12-40-10-7-11-60(50(40)31-44)93(80,81)82)38(3)26-42(56)28-48(70)29-43-27-39(4)55(37-57(43)88-22-8-24-90(71,72)73)69-67-53-19-17-47(34-59(53)89-23-9-25-91(74,75)76)65-63-45-15-13-41-30-49(92(77,78)79)35-61(51(41)32-45)94(83,84)85/h7,10-19,26-27,30-37H,5-6,8-9,20-25,28-29H2,1-4H3,(H,71,72,73)(H,74,75,76)(H,77,78,79)(H,80,81,82)(H,83,84,85). The topological polar surface area (TPSA) is 425 Å². The number of benzene rings is 8.